The van der Waals surface area contributed by atoms with Crippen LogP contribution in [-0.4, -0.2) is 56.1 Å². The summed E-state index contributed by atoms with van der Waals surface area (Å²) in [5.74, 6) is 0.1000. The molecule has 4 atom stereocenters. The summed E-state index contributed by atoms with van der Waals surface area (Å²) in [4.78, 5) is 43.1. The first kappa shape index (κ1) is 20.6. The lowest BCUT2D eigenvalue weighted by Gasteiger charge is -2.18. The van der Waals surface area contributed by atoms with E-state index in [1.54, 1.807) is 24.1 Å². The maximum Gasteiger partial charge on any atom is 0.269 e. The van der Waals surface area contributed by atoms with Crippen LogP contribution < -0.4 is 15.5 Å². The molecule has 32 heavy (non-hydrogen) atoms. The summed E-state index contributed by atoms with van der Waals surface area (Å²) in [6.07, 6.45) is 1.62. The van der Waals surface area contributed by atoms with Gasteiger partial charge in [0.05, 0.1) is 13.2 Å². The molecule has 2 N–H and O–H groups in total. The Labute approximate surface area is 186 Å². The van der Waals surface area contributed by atoms with Crippen molar-refractivity contribution in [2.75, 3.05) is 31.7 Å². The number of carbonyl (C=O) groups excluding carboxylic acids is 3. The fourth-order valence-electron chi connectivity index (χ4n) is 5.00. The minimum Gasteiger partial charge on any atom is -0.381 e. The van der Waals surface area contributed by atoms with Crippen LogP contribution >= 0.6 is 0 Å². The van der Waals surface area contributed by atoms with Crippen LogP contribution in [0.1, 0.15) is 50.5 Å². The van der Waals surface area contributed by atoms with Gasteiger partial charge < -0.3 is 20.3 Å². The van der Waals surface area contributed by atoms with Gasteiger partial charge >= 0.3 is 0 Å². The second-order valence-corrected chi connectivity index (χ2v) is 8.72. The quantitative estimate of drug-likeness (QED) is 0.671. The Morgan fingerprint density at radius 1 is 1.22 bits per heavy atom. The summed E-state index contributed by atoms with van der Waals surface area (Å²) in [6.45, 7) is 4.04. The third-order valence-electron chi connectivity index (χ3n) is 6.95. The minimum atomic E-state index is -0.338. The van der Waals surface area contributed by atoms with Gasteiger partial charge in [-0.3, -0.25) is 14.4 Å². The van der Waals surface area contributed by atoms with Crippen molar-refractivity contribution < 1.29 is 19.1 Å². The van der Waals surface area contributed by atoms with E-state index in [1.165, 1.54) is 0 Å². The van der Waals surface area contributed by atoms with Gasteiger partial charge in [-0.1, -0.05) is 19.1 Å². The normalized spacial score (nSPS) is 23.8. The van der Waals surface area contributed by atoms with E-state index in [9.17, 15) is 14.4 Å². The number of amides is 3. The predicted octanol–water partition coefficient (Wildman–Crippen LogP) is 1.49. The molecule has 166 valence electrons. The molecule has 8 nitrogen and oxygen atoms in total. The van der Waals surface area contributed by atoms with Crippen LogP contribution in [0.2, 0.25) is 0 Å². The van der Waals surface area contributed by atoms with Gasteiger partial charge in [-0.05, 0) is 35.7 Å². The van der Waals surface area contributed by atoms with Crippen molar-refractivity contribution in [1.82, 2.24) is 15.6 Å². The van der Waals surface area contributed by atoms with Crippen LogP contribution in [0.15, 0.2) is 30.3 Å². The first-order valence-corrected chi connectivity index (χ1v) is 11.0. The number of hydrogen-bond acceptors (Lipinski definition) is 5. The van der Waals surface area contributed by atoms with Gasteiger partial charge in [0.1, 0.15) is 5.69 Å². The zero-order valence-electron chi connectivity index (χ0n) is 18.1. The number of aromatic nitrogens is 1. The molecule has 1 aromatic carbocycles. The highest BCUT2D eigenvalue weighted by Crippen LogP contribution is 2.44. The molecule has 0 spiro atoms. The highest BCUT2D eigenvalue weighted by atomic mass is 16.5. The standard InChI is InChI=1S/C24H26N4O4/c1-13(15-4-3-5-21-16(15)6-7-28(21)12-29)19-8-14(9-20(26-19)24(31)25-2)23(30)27-22-17-10-32-11-18(17)22/h3-5,8-9,12-13,17-18,22H,6-7,10-11H2,1-2H3,(H,25,31)(H,27,30)/t13?,17-,18+,22+. The molecule has 3 heterocycles. The number of anilines is 1. The molecule has 3 aliphatic rings. The molecule has 2 aromatic rings. The van der Waals surface area contributed by atoms with Gasteiger partial charge in [0, 0.05) is 54.3 Å². The van der Waals surface area contributed by atoms with E-state index in [1.807, 2.05) is 25.1 Å². The van der Waals surface area contributed by atoms with E-state index < -0.39 is 0 Å². The number of nitrogens with zero attached hydrogens (tertiary/aromatic N) is 2. The van der Waals surface area contributed by atoms with Gasteiger partial charge in [-0.2, -0.15) is 0 Å². The third-order valence-corrected chi connectivity index (χ3v) is 6.95. The number of ether oxygens (including phenoxy) is 1. The molecule has 3 amide bonds. The second-order valence-electron chi connectivity index (χ2n) is 8.72. The number of hydrogen-bond donors (Lipinski definition) is 2. The van der Waals surface area contributed by atoms with Gasteiger partial charge in [-0.15, -0.1) is 0 Å². The Morgan fingerprint density at radius 3 is 2.72 bits per heavy atom. The molecule has 8 heteroatoms. The number of carbonyl (C=O) groups is 3. The Balaban J connectivity index is 1.47. The summed E-state index contributed by atoms with van der Waals surface area (Å²) in [5, 5.41) is 5.69. The van der Waals surface area contributed by atoms with Gasteiger partial charge in [0.15, 0.2) is 0 Å². The lowest BCUT2D eigenvalue weighted by molar-refractivity contribution is -0.107. The smallest absolute Gasteiger partial charge is 0.269 e. The van der Waals surface area contributed by atoms with E-state index in [-0.39, 0.29) is 29.5 Å². The van der Waals surface area contributed by atoms with Gasteiger partial charge in [0.2, 0.25) is 6.41 Å². The van der Waals surface area contributed by atoms with Gasteiger partial charge in [-0.25, -0.2) is 4.98 Å². The zero-order valence-corrected chi connectivity index (χ0v) is 18.1. The molecule has 0 bridgehead atoms. The van der Waals surface area contributed by atoms with E-state index in [0.29, 0.717) is 42.9 Å². The molecule has 5 rings (SSSR count). The number of benzene rings is 1. The van der Waals surface area contributed by atoms with E-state index in [2.05, 4.69) is 15.6 Å². The van der Waals surface area contributed by atoms with Crippen LogP contribution in [-0.2, 0) is 16.0 Å². The minimum absolute atomic E-state index is 0.139. The number of pyridine rings is 1. The van der Waals surface area contributed by atoms with E-state index in [4.69, 9.17) is 4.74 Å². The van der Waals surface area contributed by atoms with Crippen molar-refractivity contribution in [2.24, 2.45) is 11.8 Å². The summed E-state index contributed by atoms with van der Waals surface area (Å²) >= 11 is 0. The lowest BCUT2D eigenvalue weighted by atomic mass is 9.90. The number of rotatable bonds is 6. The fraction of sp³-hybridized carbons (Fsp3) is 0.417. The SMILES string of the molecule is CNC(=O)c1cc(C(=O)N[C@H]2[C@@H]3COC[C@@H]32)cc(C(C)c2cccc3c2CCN3C=O)n1. The summed E-state index contributed by atoms with van der Waals surface area (Å²) < 4.78 is 5.40. The van der Waals surface area contributed by atoms with Crippen molar-refractivity contribution in [3.05, 3.63) is 58.4 Å². The van der Waals surface area contributed by atoms with Gasteiger partial charge in [0.25, 0.3) is 11.8 Å². The average molecular weight is 434 g/mol. The van der Waals surface area contributed by atoms with Crippen LogP contribution in [0.4, 0.5) is 5.69 Å². The lowest BCUT2D eigenvalue weighted by Crippen LogP contribution is -2.30. The molecule has 1 aliphatic carbocycles. The predicted molar refractivity (Wildman–Crippen MR) is 118 cm³/mol. The van der Waals surface area contributed by atoms with Crippen molar-refractivity contribution in [1.29, 1.82) is 0 Å². The van der Waals surface area contributed by atoms with Crippen LogP contribution in [0.5, 0.6) is 0 Å². The molecular weight excluding hydrogens is 408 g/mol. The first-order chi connectivity index (χ1) is 15.5. The average Bonchev–Trinajstić information content (AvgIpc) is 3.18. The maximum atomic E-state index is 13.0. The summed E-state index contributed by atoms with van der Waals surface area (Å²) in [6, 6.07) is 9.35. The first-order valence-electron chi connectivity index (χ1n) is 11.0. The number of nitrogens with one attached hydrogen (secondary N) is 2. The third kappa shape index (κ3) is 3.44. The molecule has 1 unspecified atom stereocenters. The molecule has 1 saturated carbocycles. The van der Waals surface area contributed by atoms with Crippen molar-refractivity contribution in [3.8, 4) is 0 Å². The summed E-state index contributed by atoms with van der Waals surface area (Å²) in [7, 11) is 1.54. The maximum absolute atomic E-state index is 13.0. The Morgan fingerprint density at radius 2 is 2.00 bits per heavy atom. The van der Waals surface area contributed by atoms with Crippen molar-refractivity contribution in [3.63, 3.8) is 0 Å². The van der Waals surface area contributed by atoms with E-state index >= 15 is 0 Å². The van der Waals surface area contributed by atoms with Crippen LogP contribution in [0, 0.1) is 11.8 Å². The molecule has 2 fully saturated rings. The Hall–Kier alpha value is -3.26. The van der Waals surface area contributed by atoms with Crippen LogP contribution in [0.25, 0.3) is 0 Å². The monoisotopic (exact) mass is 434 g/mol. The summed E-state index contributed by atoms with van der Waals surface area (Å²) in [5.41, 5.74) is 4.35. The molecule has 0 radical (unpaired) electrons. The van der Waals surface area contributed by atoms with Crippen LogP contribution in [0.3, 0.4) is 0 Å². The highest BCUT2D eigenvalue weighted by molar-refractivity contribution is 5.99. The largest absolute Gasteiger partial charge is 0.381 e. The highest BCUT2D eigenvalue weighted by Gasteiger charge is 2.54. The molecule has 1 aromatic heterocycles. The fourth-order valence-corrected chi connectivity index (χ4v) is 5.00. The number of fused-ring (bicyclic) bond motifs is 2. The van der Waals surface area contributed by atoms with Crippen molar-refractivity contribution >= 4 is 23.9 Å². The van der Waals surface area contributed by atoms with Crippen molar-refractivity contribution in [2.45, 2.75) is 25.3 Å². The second kappa shape index (κ2) is 8.02. The topological polar surface area (TPSA) is 101 Å². The molecule has 2 aliphatic heterocycles. The molecule has 1 saturated heterocycles. The zero-order chi connectivity index (χ0) is 22.4. The Kier molecular flexibility index (Phi) is 5.17. The molecular formula is C24H26N4O4. The van der Waals surface area contributed by atoms with E-state index in [0.717, 1.165) is 29.6 Å². The Bertz CT molecular complexity index is 1090.